The number of Topliss-reactive ketones (excluding diaryl/α,β-unsaturated/α-hetero) is 1. The van der Waals surface area contributed by atoms with E-state index in [1.54, 1.807) is 0 Å². The van der Waals surface area contributed by atoms with Crippen molar-refractivity contribution >= 4 is 11.7 Å². The summed E-state index contributed by atoms with van der Waals surface area (Å²) in [7, 11) is 1.87. The van der Waals surface area contributed by atoms with Gasteiger partial charge < -0.3 is 4.90 Å². The molecule has 1 aromatic rings. The average Bonchev–Trinajstić information content (AvgIpc) is 2.49. The Kier molecular flexibility index (Phi) is 3.44. The molecule has 21 heavy (non-hydrogen) atoms. The van der Waals surface area contributed by atoms with Crippen LogP contribution in [0.25, 0.3) is 0 Å². The van der Waals surface area contributed by atoms with Gasteiger partial charge in [0.05, 0.1) is 5.41 Å². The standard InChI is InChI=1S/C18H21NO2/c1-13-15-9-11-19(2)17(21)18(15,10-8-16(13)20)12-14-6-4-3-5-7-14/h3-7H,8-12H2,1-2H3. The molecule has 1 unspecified atom stereocenters. The predicted molar refractivity (Wildman–Crippen MR) is 81.8 cm³/mol. The van der Waals surface area contributed by atoms with Crippen LogP contribution in [0.15, 0.2) is 41.5 Å². The molecule has 0 aromatic heterocycles. The van der Waals surface area contributed by atoms with Gasteiger partial charge >= 0.3 is 0 Å². The lowest BCUT2D eigenvalue weighted by molar-refractivity contribution is -0.142. The minimum absolute atomic E-state index is 0.180. The summed E-state index contributed by atoms with van der Waals surface area (Å²) in [4.78, 5) is 26.8. The molecule has 1 fully saturated rings. The highest BCUT2D eigenvalue weighted by molar-refractivity contribution is 6.01. The summed E-state index contributed by atoms with van der Waals surface area (Å²) in [6, 6.07) is 10.1. The number of piperidine rings is 1. The fourth-order valence-corrected chi connectivity index (χ4v) is 3.82. The highest BCUT2D eigenvalue weighted by Crippen LogP contribution is 2.47. The lowest BCUT2D eigenvalue weighted by atomic mass is 9.63. The number of allylic oxidation sites excluding steroid dienone is 1. The second-order valence-electron chi connectivity index (χ2n) is 6.25. The maximum atomic E-state index is 12.9. The van der Waals surface area contributed by atoms with E-state index in [2.05, 4.69) is 12.1 Å². The van der Waals surface area contributed by atoms with Crippen LogP contribution in [-0.4, -0.2) is 30.2 Å². The first-order valence-corrected chi connectivity index (χ1v) is 7.57. The number of nitrogens with zero attached hydrogens (tertiary/aromatic N) is 1. The molecule has 1 aliphatic heterocycles. The van der Waals surface area contributed by atoms with Crippen molar-refractivity contribution in [3.05, 3.63) is 47.0 Å². The molecule has 0 saturated carbocycles. The zero-order valence-electron chi connectivity index (χ0n) is 12.7. The third kappa shape index (κ3) is 2.21. The van der Waals surface area contributed by atoms with Crippen LogP contribution in [0.3, 0.4) is 0 Å². The van der Waals surface area contributed by atoms with Crippen LogP contribution >= 0.6 is 0 Å². The van der Waals surface area contributed by atoms with E-state index in [-0.39, 0.29) is 11.7 Å². The molecular formula is C18H21NO2. The van der Waals surface area contributed by atoms with Crippen molar-refractivity contribution in [3.8, 4) is 0 Å². The maximum Gasteiger partial charge on any atom is 0.233 e. The molecule has 1 saturated heterocycles. The number of ketones is 1. The van der Waals surface area contributed by atoms with Crippen LogP contribution < -0.4 is 0 Å². The van der Waals surface area contributed by atoms with Crippen LogP contribution in [0.5, 0.6) is 0 Å². The van der Waals surface area contributed by atoms with Crippen LogP contribution in [0.4, 0.5) is 0 Å². The Morgan fingerprint density at radius 2 is 1.86 bits per heavy atom. The smallest absolute Gasteiger partial charge is 0.233 e. The van der Waals surface area contributed by atoms with Gasteiger partial charge in [-0.3, -0.25) is 9.59 Å². The van der Waals surface area contributed by atoms with Crippen molar-refractivity contribution in [2.45, 2.75) is 32.6 Å². The molecule has 110 valence electrons. The fraction of sp³-hybridized carbons (Fsp3) is 0.444. The summed E-state index contributed by atoms with van der Waals surface area (Å²) >= 11 is 0. The van der Waals surface area contributed by atoms with Gasteiger partial charge in [-0.1, -0.05) is 30.3 Å². The molecule has 0 radical (unpaired) electrons. The number of hydrogen-bond acceptors (Lipinski definition) is 2. The van der Waals surface area contributed by atoms with Crippen LogP contribution in [0, 0.1) is 5.41 Å². The zero-order valence-corrected chi connectivity index (χ0v) is 12.7. The van der Waals surface area contributed by atoms with Gasteiger partial charge in [0.25, 0.3) is 0 Å². The second kappa shape index (κ2) is 5.14. The molecule has 3 nitrogen and oxygen atoms in total. The summed E-state index contributed by atoms with van der Waals surface area (Å²) in [5, 5.41) is 0. The monoisotopic (exact) mass is 283 g/mol. The van der Waals surface area contributed by atoms with Crippen LogP contribution in [-0.2, 0) is 16.0 Å². The summed E-state index contributed by atoms with van der Waals surface area (Å²) in [5.74, 6) is 0.394. The number of benzene rings is 1. The number of carbonyl (C=O) groups excluding carboxylic acids is 2. The van der Waals surface area contributed by atoms with Crippen molar-refractivity contribution in [2.75, 3.05) is 13.6 Å². The third-order valence-corrected chi connectivity index (χ3v) is 5.03. The van der Waals surface area contributed by atoms with E-state index >= 15 is 0 Å². The summed E-state index contributed by atoms with van der Waals surface area (Å²) < 4.78 is 0. The van der Waals surface area contributed by atoms with Gasteiger partial charge in [-0.15, -0.1) is 0 Å². The molecule has 3 heteroatoms. The van der Waals surface area contributed by atoms with E-state index in [0.29, 0.717) is 19.3 Å². The van der Waals surface area contributed by atoms with Crippen molar-refractivity contribution < 1.29 is 9.59 Å². The molecule has 1 aliphatic carbocycles. The molecule has 3 rings (SSSR count). The number of rotatable bonds is 2. The zero-order chi connectivity index (χ0) is 15.0. The van der Waals surface area contributed by atoms with E-state index in [1.165, 1.54) is 5.56 Å². The van der Waals surface area contributed by atoms with Gasteiger partial charge in [0, 0.05) is 20.0 Å². The third-order valence-electron chi connectivity index (χ3n) is 5.03. The summed E-state index contributed by atoms with van der Waals surface area (Å²) in [5.41, 5.74) is 2.59. The minimum atomic E-state index is -0.494. The summed E-state index contributed by atoms with van der Waals surface area (Å²) in [6.45, 7) is 2.62. The SMILES string of the molecule is CC1=C2CCN(C)C(=O)C2(Cc2ccccc2)CCC1=O. The van der Waals surface area contributed by atoms with E-state index in [9.17, 15) is 9.59 Å². The molecule has 1 atom stereocenters. The molecule has 1 aromatic carbocycles. The highest BCUT2D eigenvalue weighted by atomic mass is 16.2. The molecule has 0 spiro atoms. The summed E-state index contributed by atoms with van der Waals surface area (Å²) in [6.07, 6.45) is 2.67. The first kappa shape index (κ1) is 14.1. The fourth-order valence-electron chi connectivity index (χ4n) is 3.82. The van der Waals surface area contributed by atoms with Crippen LogP contribution in [0.1, 0.15) is 31.7 Å². The number of carbonyl (C=O) groups is 2. The minimum Gasteiger partial charge on any atom is -0.345 e. The van der Waals surface area contributed by atoms with Gasteiger partial charge in [-0.2, -0.15) is 0 Å². The van der Waals surface area contributed by atoms with Gasteiger partial charge in [0.15, 0.2) is 5.78 Å². The lowest BCUT2D eigenvalue weighted by Gasteiger charge is -2.45. The number of hydrogen-bond donors (Lipinski definition) is 0. The van der Waals surface area contributed by atoms with Gasteiger partial charge in [-0.05, 0) is 42.9 Å². The molecule has 0 bridgehead atoms. The molecular weight excluding hydrogens is 262 g/mol. The van der Waals surface area contributed by atoms with Crippen molar-refractivity contribution in [1.82, 2.24) is 4.90 Å². The van der Waals surface area contributed by atoms with Crippen molar-refractivity contribution in [2.24, 2.45) is 5.41 Å². The Morgan fingerprint density at radius 1 is 1.14 bits per heavy atom. The normalized spacial score (nSPS) is 26.1. The Balaban J connectivity index is 2.08. The van der Waals surface area contributed by atoms with E-state index in [1.807, 2.05) is 37.1 Å². The Labute approximate surface area is 125 Å². The molecule has 1 amide bonds. The lowest BCUT2D eigenvalue weighted by Crippen LogP contribution is -2.51. The Bertz CT molecular complexity index is 617. The first-order chi connectivity index (χ1) is 10.0. The second-order valence-corrected chi connectivity index (χ2v) is 6.25. The molecule has 0 N–H and O–H groups in total. The van der Waals surface area contributed by atoms with Gasteiger partial charge in [0.2, 0.25) is 5.91 Å². The largest absolute Gasteiger partial charge is 0.345 e. The predicted octanol–water partition coefficient (Wildman–Crippen LogP) is 2.76. The van der Waals surface area contributed by atoms with Gasteiger partial charge in [-0.25, -0.2) is 0 Å². The first-order valence-electron chi connectivity index (χ1n) is 7.57. The Morgan fingerprint density at radius 3 is 2.57 bits per heavy atom. The van der Waals surface area contributed by atoms with Gasteiger partial charge in [0.1, 0.15) is 0 Å². The molecule has 2 aliphatic rings. The topological polar surface area (TPSA) is 37.4 Å². The van der Waals surface area contributed by atoms with E-state index in [4.69, 9.17) is 0 Å². The average molecular weight is 283 g/mol. The van der Waals surface area contributed by atoms with E-state index < -0.39 is 5.41 Å². The molecule has 1 heterocycles. The van der Waals surface area contributed by atoms with Crippen molar-refractivity contribution in [3.63, 3.8) is 0 Å². The number of fused-ring (bicyclic) bond motifs is 1. The van der Waals surface area contributed by atoms with Crippen LogP contribution in [0.2, 0.25) is 0 Å². The quantitative estimate of drug-likeness (QED) is 0.837. The highest BCUT2D eigenvalue weighted by Gasteiger charge is 2.49. The van der Waals surface area contributed by atoms with E-state index in [0.717, 1.165) is 24.1 Å². The Hall–Kier alpha value is -1.90. The number of amides is 1. The van der Waals surface area contributed by atoms with Crippen molar-refractivity contribution in [1.29, 1.82) is 0 Å². The maximum absolute atomic E-state index is 12.9. The number of likely N-dealkylation sites (tertiary alicyclic amines) is 1.